The first-order valence-electron chi connectivity index (χ1n) is 4.10. The molecule has 2 nitrogen and oxygen atoms in total. The van der Waals surface area contributed by atoms with Gasteiger partial charge in [-0.05, 0) is 18.8 Å². The predicted molar refractivity (Wildman–Crippen MR) is 64.5 cm³/mol. The number of carbonyl (C=O) groups excluding carboxylic acids is 1. The van der Waals surface area contributed by atoms with Gasteiger partial charge in [0.05, 0.1) is 6.54 Å². The fraction of sp³-hybridized carbons (Fsp3) is 0.875. The molecule has 0 saturated carbocycles. The Morgan fingerprint density at radius 1 is 1.31 bits per heavy atom. The van der Waals surface area contributed by atoms with Crippen molar-refractivity contribution in [2.45, 2.75) is 9.83 Å². The molecule has 0 aromatic rings. The summed E-state index contributed by atoms with van der Waals surface area (Å²) >= 11 is 5.49. The molecule has 1 fully saturated rings. The first kappa shape index (κ1) is 11.6. The van der Waals surface area contributed by atoms with Gasteiger partial charge in [0.25, 0.3) is 0 Å². The van der Waals surface area contributed by atoms with E-state index in [4.69, 9.17) is 0 Å². The van der Waals surface area contributed by atoms with Gasteiger partial charge in [-0.3, -0.25) is 4.79 Å². The van der Waals surface area contributed by atoms with Gasteiger partial charge in [-0.25, -0.2) is 0 Å². The SMILES string of the molecule is CSC(CN1CCC1=O)(SC)SC. The van der Waals surface area contributed by atoms with E-state index in [9.17, 15) is 4.79 Å². The summed E-state index contributed by atoms with van der Waals surface area (Å²) in [5.41, 5.74) is 0. The van der Waals surface area contributed by atoms with E-state index in [2.05, 4.69) is 18.8 Å². The van der Waals surface area contributed by atoms with Gasteiger partial charge in [0, 0.05) is 13.0 Å². The molecule has 1 amide bonds. The summed E-state index contributed by atoms with van der Waals surface area (Å²) in [6.07, 6.45) is 7.07. The van der Waals surface area contributed by atoms with Crippen LogP contribution in [0.3, 0.4) is 0 Å². The van der Waals surface area contributed by atoms with Crippen LogP contribution in [0.1, 0.15) is 6.42 Å². The van der Waals surface area contributed by atoms with Crippen molar-refractivity contribution >= 4 is 41.2 Å². The summed E-state index contributed by atoms with van der Waals surface area (Å²) < 4.78 is 0.135. The summed E-state index contributed by atoms with van der Waals surface area (Å²) in [7, 11) is 0. The number of hydrogen-bond acceptors (Lipinski definition) is 4. The quantitative estimate of drug-likeness (QED) is 0.538. The van der Waals surface area contributed by atoms with Crippen LogP contribution in [0.4, 0.5) is 0 Å². The molecule has 1 heterocycles. The number of likely N-dealkylation sites (tertiary alicyclic amines) is 1. The largest absolute Gasteiger partial charge is 0.339 e. The van der Waals surface area contributed by atoms with Gasteiger partial charge in [0.15, 0.2) is 0 Å². The highest BCUT2D eigenvalue weighted by Gasteiger charge is 2.35. The third-order valence-electron chi connectivity index (χ3n) is 2.27. The van der Waals surface area contributed by atoms with Crippen molar-refractivity contribution in [3.8, 4) is 0 Å². The van der Waals surface area contributed by atoms with Crippen LogP contribution in [0.5, 0.6) is 0 Å². The van der Waals surface area contributed by atoms with E-state index in [1.54, 1.807) is 0 Å². The maximum Gasteiger partial charge on any atom is 0.224 e. The zero-order valence-electron chi connectivity index (χ0n) is 8.20. The molecule has 0 spiro atoms. The number of hydrogen-bond donors (Lipinski definition) is 0. The van der Waals surface area contributed by atoms with Crippen molar-refractivity contribution in [2.24, 2.45) is 0 Å². The molecule has 1 rings (SSSR count). The second-order valence-corrected chi connectivity index (χ2v) is 6.95. The number of amides is 1. The average Bonchev–Trinajstić information content (AvgIpc) is 2.18. The lowest BCUT2D eigenvalue weighted by atomic mass is 10.2. The zero-order chi connectivity index (χ0) is 9.90. The molecule has 13 heavy (non-hydrogen) atoms. The van der Waals surface area contributed by atoms with Crippen LogP contribution < -0.4 is 0 Å². The third-order valence-corrected chi connectivity index (χ3v) is 7.52. The minimum atomic E-state index is 0.135. The van der Waals surface area contributed by atoms with Gasteiger partial charge in [-0.15, -0.1) is 35.3 Å². The van der Waals surface area contributed by atoms with Crippen molar-refractivity contribution in [2.75, 3.05) is 31.9 Å². The van der Waals surface area contributed by atoms with E-state index in [0.717, 1.165) is 19.5 Å². The molecule has 0 atom stereocenters. The highest BCUT2D eigenvalue weighted by Crippen LogP contribution is 2.44. The zero-order valence-corrected chi connectivity index (χ0v) is 10.7. The first-order chi connectivity index (χ1) is 6.17. The Bertz CT molecular complexity index is 186. The third kappa shape index (κ3) is 2.50. The summed E-state index contributed by atoms with van der Waals surface area (Å²) in [6, 6.07) is 0. The molecule has 0 aromatic carbocycles. The van der Waals surface area contributed by atoms with Crippen LogP contribution in [0, 0.1) is 0 Å². The van der Waals surface area contributed by atoms with Crippen LogP contribution in [0.25, 0.3) is 0 Å². The maximum atomic E-state index is 11.2. The fourth-order valence-electron chi connectivity index (χ4n) is 1.21. The minimum absolute atomic E-state index is 0.135. The molecular weight excluding hydrogens is 222 g/mol. The monoisotopic (exact) mass is 237 g/mol. The van der Waals surface area contributed by atoms with E-state index in [1.165, 1.54) is 0 Å². The Hall–Kier alpha value is 0.520. The molecule has 0 unspecified atom stereocenters. The normalized spacial score (nSPS) is 17.5. The molecular formula is C8H15NOS3. The van der Waals surface area contributed by atoms with E-state index in [-0.39, 0.29) is 3.41 Å². The summed E-state index contributed by atoms with van der Waals surface area (Å²) in [5.74, 6) is 0.307. The second-order valence-electron chi connectivity index (χ2n) is 2.86. The number of thioether (sulfide) groups is 3. The van der Waals surface area contributed by atoms with Gasteiger partial charge < -0.3 is 4.90 Å². The van der Waals surface area contributed by atoms with E-state index < -0.39 is 0 Å². The van der Waals surface area contributed by atoms with Gasteiger partial charge >= 0.3 is 0 Å². The number of rotatable bonds is 5. The summed E-state index contributed by atoms with van der Waals surface area (Å²) in [4.78, 5) is 13.1. The van der Waals surface area contributed by atoms with Crippen molar-refractivity contribution < 1.29 is 4.79 Å². The van der Waals surface area contributed by atoms with E-state index in [1.807, 2.05) is 40.2 Å². The Morgan fingerprint density at radius 3 is 2.08 bits per heavy atom. The van der Waals surface area contributed by atoms with Crippen molar-refractivity contribution in [3.05, 3.63) is 0 Å². The molecule has 1 saturated heterocycles. The second kappa shape index (κ2) is 4.84. The molecule has 1 aliphatic heterocycles. The van der Waals surface area contributed by atoms with Gasteiger partial charge in [0.1, 0.15) is 3.41 Å². The van der Waals surface area contributed by atoms with Crippen LogP contribution >= 0.6 is 35.3 Å². The fourth-order valence-corrected chi connectivity index (χ4v) is 4.06. The van der Waals surface area contributed by atoms with Crippen LogP contribution in [-0.2, 0) is 4.79 Å². The van der Waals surface area contributed by atoms with Crippen LogP contribution in [-0.4, -0.2) is 46.1 Å². The topological polar surface area (TPSA) is 20.3 Å². The highest BCUT2D eigenvalue weighted by atomic mass is 32.3. The molecule has 0 bridgehead atoms. The first-order valence-corrected chi connectivity index (χ1v) is 7.78. The molecule has 0 aromatic heterocycles. The Labute approximate surface area is 92.6 Å². The Kier molecular flexibility index (Phi) is 4.32. The molecule has 5 heteroatoms. The van der Waals surface area contributed by atoms with Gasteiger partial charge in [0.2, 0.25) is 5.91 Å². The molecule has 0 aliphatic carbocycles. The van der Waals surface area contributed by atoms with Crippen LogP contribution in [0.15, 0.2) is 0 Å². The lowest BCUT2D eigenvalue weighted by Crippen LogP contribution is -2.48. The standard InChI is InChI=1S/C8H15NOS3/c1-11-8(12-2,13-3)6-9-5-4-7(9)10/h4-6H2,1-3H3. The van der Waals surface area contributed by atoms with Gasteiger partial charge in [-0.2, -0.15) is 0 Å². The predicted octanol–water partition coefficient (Wildman–Crippen LogP) is 1.96. The smallest absolute Gasteiger partial charge is 0.224 e. The number of nitrogens with zero attached hydrogens (tertiary/aromatic N) is 1. The van der Waals surface area contributed by atoms with E-state index >= 15 is 0 Å². The maximum absolute atomic E-state index is 11.2. The highest BCUT2D eigenvalue weighted by molar-refractivity contribution is 8.33. The molecule has 0 radical (unpaired) electrons. The molecule has 0 N–H and O–H groups in total. The molecule has 1 aliphatic rings. The lowest BCUT2D eigenvalue weighted by Gasteiger charge is -2.38. The molecule has 76 valence electrons. The van der Waals surface area contributed by atoms with Gasteiger partial charge in [-0.1, -0.05) is 0 Å². The van der Waals surface area contributed by atoms with Crippen molar-refractivity contribution in [1.29, 1.82) is 0 Å². The summed E-state index contributed by atoms with van der Waals surface area (Å²) in [6.45, 7) is 1.82. The Balaban J connectivity index is 2.50. The lowest BCUT2D eigenvalue weighted by molar-refractivity contribution is -0.139. The number of carbonyl (C=O) groups is 1. The van der Waals surface area contributed by atoms with Crippen LogP contribution in [0.2, 0.25) is 0 Å². The minimum Gasteiger partial charge on any atom is -0.339 e. The number of β-lactam (4-membered cyclic amide) rings is 1. The Morgan fingerprint density at radius 2 is 1.85 bits per heavy atom. The van der Waals surface area contributed by atoms with E-state index in [0.29, 0.717) is 5.91 Å². The van der Waals surface area contributed by atoms with Crippen molar-refractivity contribution in [3.63, 3.8) is 0 Å². The van der Waals surface area contributed by atoms with Crippen molar-refractivity contribution in [1.82, 2.24) is 4.90 Å². The average molecular weight is 237 g/mol. The summed E-state index contributed by atoms with van der Waals surface area (Å²) in [5, 5.41) is 0.